The first-order chi connectivity index (χ1) is 21.5. The summed E-state index contributed by atoms with van der Waals surface area (Å²) in [4.78, 5) is 10.3. The number of furan rings is 1. The van der Waals surface area contributed by atoms with E-state index in [0.29, 0.717) is 5.82 Å². The van der Waals surface area contributed by atoms with Crippen molar-refractivity contribution in [2.24, 2.45) is 0 Å². The SMILES string of the molecule is CC1(C)c2ccccc2-c2cc3oc4ccc(-c5nc(-c6ccccc6)c6cc(-c7ccccc7)ccc6n5)cc4c3cc21. The predicted octanol–water partition coefficient (Wildman–Crippen LogP) is 10.8. The molecule has 0 N–H and O–H groups in total. The second-order valence-corrected chi connectivity index (χ2v) is 12.2. The van der Waals surface area contributed by atoms with Gasteiger partial charge in [0.15, 0.2) is 5.82 Å². The van der Waals surface area contributed by atoms with Crippen molar-refractivity contribution >= 4 is 32.8 Å². The minimum absolute atomic E-state index is 0.0774. The summed E-state index contributed by atoms with van der Waals surface area (Å²) in [7, 11) is 0. The zero-order valence-electron chi connectivity index (χ0n) is 24.5. The molecule has 8 aromatic rings. The zero-order chi connectivity index (χ0) is 29.4. The molecule has 1 aliphatic rings. The van der Waals surface area contributed by atoms with Crippen molar-refractivity contribution in [3.8, 4) is 44.9 Å². The molecule has 44 heavy (non-hydrogen) atoms. The van der Waals surface area contributed by atoms with Gasteiger partial charge in [0.25, 0.3) is 0 Å². The van der Waals surface area contributed by atoms with Crippen LogP contribution < -0.4 is 0 Å². The van der Waals surface area contributed by atoms with E-state index in [1.165, 1.54) is 27.8 Å². The Morgan fingerprint density at radius 3 is 1.98 bits per heavy atom. The van der Waals surface area contributed by atoms with Crippen LogP contribution in [-0.2, 0) is 5.41 Å². The van der Waals surface area contributed by atoms with Crippen LogP contribution in [0.1, 0.15) is 25.0 Å². The fourth-order valence-corrected chi connectivity index (χ4v) is 6.99. The van der Waals surface area contributed by atoms with E-state index in [9.17, 15) is 0 Å². The van der Waals surface area contributed by atoms with Crippen LogP contribution in [0, 0.1) is 0 Å². The highest BCUT2D eigenvalue weighted by atomic mass is 16.3. The highest BCUT2D eigenvalue weighted by Gasteiger charge is 2.36. The maximum atomic E-state index is 6.43. The summed E-state index contributed by atoms with van der Waals surface area (Å²) in [5, 5.41) is 3.24. The normalized spacial score (nSPS) is 13.4. The second kappa shape index (κ2) is 9.23. The van der Waals surface area contributed by atoms with Crippen LogP contribution in [0.4, 0.5) is 0 Å². The van der Waals surface area contributed by atoms with E-state index in [1.807, 2.05) is 12.1 Å². The second-order valence-electron chi connectivity index (χ2n) is 12.2. The molecule has 0 saturated heterocycles. The maximum Gasteiger partial charge on any atom is 0.160 e. The van der Waals surface area contributed by atoms with Crippen molar-refractivity contribution < 1.29 is 4.42 Å². The Morgan fingerprint density at radius 1 is 0.477 bits per heavy atom. The van der Waals surface area contributed by atoms with E-state index in [1.54, 1.807) is 0 Å². The van der Waals surface area contributed by atoms with Crippen molar-refractivity contribution in [2.45, 2.75) is 19.3 Å². The minimum atomic E-state index is -0.0774. The largest absolute Gasteiger partial charge is 0.456 e. The summed E-state index contributed by atoms with van der Waals surface area (Å²) in [6.45, 7) is 4.63. The van der Waals surface area contributed by atoms with Gasteiger partial charge in [0, 0.05) is 32.7 Å². The quantitative estimate of drug-likeness (QED) is 0.214. The van der Waals surface area contributed by atoms with Gasteiger partial charge < -0.3 is 4.42 Å². The molecule has 6 aromatic carbocycles. The molecule has 0 radical (unpaired) electrons. The molecule has 0 saturated carbocycles. The third kappa shape index (κ3) is 3.69. The van der Waals surface area contributed by atoms with E-state index < -0.39 is 0 Å². The molecule has 9 rings (SSSR count). The molecule has 0 amide bonds. The molecule has 0 atom stereocenters. The number of hydrogen-bond acceptors (Lipinski definition) is 3. The highest BCUT2D eigenvalue weighted by molar-refractivity contribution is 6.08. The van der Waals surface area contributed by atoms with Crippen molar-refractivity contribution in [2.75, 3.05) is 0 Å². The van der Waals surface area contributed by atoms with Gasteiger partial charge in [-0.1, -0.05) is 105 Å². The van der Waals surface area contributed by atoms with Crippen LogP contribution in [0.5, 0.6) is 0 Å². The number of fused-ring (bicyclic) bond motifs is 7. The lowest BCUT2D eigenvalue weighted by Gasteiger charge is -2.21. The van der Waals surface area contributed by atoms with Gasteiger partial charge in [0.2, 0.25) is 0 Å². The molecule has 2 aromatic heterocycles. The Labute approximate surface area is 255 Å². The molecular formula is C41H28N2O. The molecule has 3 nitrogen and oxygen atoms in total. The van der Waals surface area contributed by atoms with Gasteiger partial charge in [-0.15, -0.1) is 0 Å². The van der Waals surface area contributed by atoms with Crippen LogP contribution >= 0.6 is 0 Å². The Morgan fingerprint density at radius 2 is 1.16 bits per heavy atom. The molecule has 0 bridgehead atoms. The molecule has 1 aliphatic carbocycles. The zero-order valence-corrected chi connectivity index (χ0v) is 24.5. The average Bonchev–Trinajstić information content (AvgIpc) is 3.54. The predicted molar refractivity (Wildman–Crippen MR) is 181 cm³/mol. The number of nitrogens with zero attached hydrogens (tertiary/aromatic N) is 2. The highest BCUT2D eigenvalue weighted by Crippen LogP contribution is 2.50. The Kier molecular flexibility index (Phi) is 5.24. The summed E-state index contributed by atoms with van der Waals surface area (Å²) in [6, 6.07) is 46.9. The fraction of sp³-hybridized carbons (Fsp3) is 0.0732. The van der Waals surface area contributed by atoms with Gasteiger partial charge in [-0.05, 0) is 75.8 Å². The summed E-state index contributed by atoms with van der Waals surface area (Å²) < 4.78 is 6.43. The summed E-state index contributed by atoms with van der Waals surface area (Å²) in [5.41, 5.74) is 13.2. The van der Waals surface area contributed by atoms with Gasteiger partial charge in [-0.3, -0.25) is 0 Å². The molecule has 3 heteroatoms. The Hall–Kier alpha value is -5.54. The lowest BCUT2D eigenvalue weighted by atomic mass is 9.82. The van der Waals surface area contributed by atoms with Gasteiger partial charge in [0.05, 0.1) is 11.2 Å². The molecule has 0 unspecified atom stereocenters. The smallest absolute Gasteiger partial charge is 0.160 e. The molecule has 208 valence electrons. The molecule has 2 heterocycles. The minimum Gasteiger partial charge on any atom is -0.456 e. The van der Waals surface area contributed by atoms with Crippen molar-refractivity contribution in [1.82, 2.24) is 9.97 Å². The van der Waals surface area contributed by atoms with E-state index in [4.69, 9.17) is 14.4 Å². The van der Waals surface area contributed by atoms with E-state index in [-0.39, 0.29) is 5.41 Å². The van der Waals surface area contributed by atoms with Crippen molar-refractivity contribution in [3.05, 3.63) is 145 Å². The molecule has 0 spiro atoms. The number of rotatable bonds is 3. The molecule has 0 aliphatic heterocycles. The maximum absolute atomic E-state index is 6.43. The standard InChI is InChI=1S/C41H28N2O/c1-41(2)34-16-10-9-15-29(34)30-24-38-32(23-35(30)41)31-22-28(18-20-37(31)44-38)40-42-36-19-17-27(25-11-5-3-6-12-25)21-33(36)39(43-40)26-13-7-4-8-14-26/h3-24H,1-2H3. The first-order valence-corrected chi connectivity index (χ1v) is 15.1. The topological polar surface area (TPSA) is 38.9 Å². The Bertz CT molecular complexity index is 2400. The van der Waals surface area contributed by atoms with Crippen LogP contribution in [0.2, 0.25) is 0 Å². The van der Waals surface area contributed by atoms with Gasteiger partial charge in [-0.25, -0.2) is 9.97 Å². The first-order valence-electron chi connectivity index (χ1n) is 15.1. The van der Waals surface area contributed by atoms with Crippen LogP contribution in [0.25, 0.3) is 77.7 Å². The van der Waals surface area contributed by atoms with Crippen LogP contribution in [0.3, 0.4) is 0 Å². The van der Waals surface area contributed by atoms with E-state index >= 15 is 0 Å². The third-order valence-electron chi connectivity index (χ3n) is 9.28. The van der Waals surface area contributed by atoms with Crippen molar-refractivity contribution in [3.63, 3.8) is 0 Å². The lowest BCUT2D eigenvalue weighted by Crippen LogP contribution is -2.14. The Balaban J connectivity index is 1.24. The monoisotopic (exact) mass is 564 g/mol. The number of aromatic nitrogens is 2. The number of hydrogen-bond donors (Lipinski definition) is 0. The summed E-state index contributed by atoms with van der Waals surface area (Å²) >= 11 is 0. The van der Waals surface area contributed by atoms with Crippen LogP contribution in [-0.4, -0.2) is 9.97 Å². The van der Waals surface area contributed by atoms with Gasteiger partial charge in [0.1, 0.15) is 11.2 Å². The third-order valence-corrected chi connectivity index (χ3v) is 9.28. The first kappa shape index (κ1) is 25.0. The average molecular weight is 565 g/mol. The van der Waals surface area contributed by atoms with E-state index in [0.717, 1.165) is 55.2 Å². The van der Waals surface area contributed by atoms with Crippen molar-refractivity contribution in [1.29, 1.82) is 0 Å². The molecule has 0 fully saturated rings. The number of benzene rings is 6. The lowest BCUT2D eigenvalue weighted by molar-refractivity contribution is 0.658. The summed E-state index contributed by atoms with van der Waals surface area (Å²) in [6.07, 6.45) is 0. The summed E-state index contributed by atoms with van der Waals surface area (Å²) in [5.74, 6) is 0.703. The van der Waals surface area contributed by atoms with Crippen LogP contribution in [0.15, 0.2) is 138 Å². The van der Waals surface area contributed by atoms with Gasteiger partial charge in [-0.2, -0.15) is 0 Å². The molecular weight excluding hydrogens is 536 g/mol. The van der Waals surface area contributed by atoms with Gasteiger partial charge >= 0.3 is 0 Å². The van der Waals surface area contributed by atoms with E-state index in [2.05, 4.69) is 135 Å². The fourth-order valence-electron chi connectivity index (χ4n) is 6.99.